The van der Waals surface area contributed by atoms with Crippen LogP contribution in [0, 0.1) is 0 Å². The van der Waals surface area contributed by atoms with Gasteiger partial charge in [-0.15, -0.1) is 0 Å². The average molecular weight is 352 g/mol. The van der Waals surface area contributed by atoms with Crippen molar-refractivity contribution in [3.63, 3.8) is 0 Å². The van der Waals surface area contributed by atoms with E-state index in [2.05, 4.69) is 19.2 Å². The summed E-state index contributed by atoms with van der Waals surface area (Å²) in [5.41, 5.74) is 2.96. The molecule has 1 aliphatic rings. The molecule has 0 bridgehead atoms. The smallest absolute Gasteiger partial charge is 0.255 e. The number of hydrogen-bond acceptors (Lipinski definition) is 3. The Labute approximate surface area is 154 Å². The number of anilines is 1. The van der Waals surface area contributed by atoms with Crippen LogP contribution in [0.1, 0.15) is 46.0 Å². The summed E-state index contributed by atoms with van der Waals surface area (Å²) in [6.07, 6.45) is 0. The van der Waals surface area contributed by atoms with E-state index in [4.69, 9.17) is 4.74 Å². The van der Waals surface area contributed by atoms with E-state index in [9.17, 15) is 9.59 Å². The zero-order valence-electron chi connectivity index (χ0n) is 15.2. The van der Waals surface area contributed by atoms with Gasteiger partial charge in [0.15, 0.2) is 0 Å². The van der Waals surface area contributed by atoms with Crippen molar-refractivity contribution in [1.82, 2.24) is 4.90 Å². The second-order valence-corrected chi connectivity index (χ2v) is 6.72. The van der Waals surface area contributed by atoms with Gasteiger partial charge in [0.2, 0.25) is 0 Å². The van der Waals surface area contributed by atoms with Crippen LogP contribution in [0.5, 0.6) is 0 Å². The minimum absolute atomic E-state index is 0.0655. The molecule has 1 heterocycles. The Balaban J connectivity index is 1.70. The van der Waals surface area contributed by atoms with Crippen molar-refractivity contribution in [3.05, 3.63) is 65.2 Å². The molecule has 2 amide bonds. The monoisotopic (exact) mass is 352 g/mol. The highest BCUT2D eigenvalue weighted by Crippen LogP contribution is 2.18. The molecule has 1 aliphatic heterocycles. The SMILES string of the molecule is CC(C)c1ccc(NC(=O)c2cccc(C(=O)N3CCOCC3)c2)cc1. The molecule has 0 spiro atoms. The van der Waals surface area contributed by atoms with Crippen molar-refractivity contribution < 1.29 is 14.3 Å². The van der Waals surface area contributed by atoms with Gasteiger partial charge in [-0.1, -0.05) is 32.0 Å². The second kappa shape index (κ2) is 8.15. The fourth-order valence-electron chi connectivity index (χ4n) is 2.90. The number of ether oxygens (including phenoxy) is 1. The molecule has 3 rings (SSSR count). The Kier molecular flexibility index (Phi) is 5.68. The number of carbonyl (C=O) groups is 2. The van der Waals surface area contributed by atoms with E-state index in [1.54, 1.807) is 29.2 Å². The predicted molar refractivity (Wildman–Crippen MR) is 102 cm³/mol. The van der Waals surface area contributed by atoms with E-state index in [1.807, 2.05) is 24.3 Å². The Hall–Kier alpha value is -2.66. The number of nitrogens with zero attached hydrogens (tertiary/aromatic N) is 1. The van der Waals surface area contributed by atoms with Gasteiger partial charge in [0.25, 0.3) is 11.8 Å². The Morgan fingerprint density at radius 2 is 1.65 bits per heavy atom. The molecule has 0 radical (unpaired) electrons. The van der Waals surface area contributed by atoms with E-state index in [0.717, 1.165) is 5.69 Å². The van der Waals surface area contributed by atoms with Gasteiger partial charge in [0.1, 0.15) is 0 Å². The van der Waals surface area contributed by atoms with Crippen LogP contribution in [-0.4, -0.2) is 43.0 Å². The average Bonchev–Trinajstić information content (AvgIpc) is 2.68. The Morgan fingerprint density at radius 1 is 1.00 bits per heavy atom. The number of rotatable bonds is 4. The van der Waals surface area contributed by atoms with E-state index in [-0.39, 0.29) is 11.8 Å². The van der Waals surface area contributed by atoms with Gasteiger partial charge < -0.3 is 15.0 Å². The number of morpholine rings is 1. The standard InChI is InChI=1S/C21H24N2O3/c1-15(2)16-6-8-19(9-7-16)22-20(24)17-4-3-5-18(14-17)21(25)23-10-12-26-13-11-23/h3-9,14-15H,10-13H2,1-2H3,(H,22,24). The van der Waals surface area contributed by atoms with Crippen molar-refractivity contribution in [2.75, 3.05) is 31.6 Å². The van der Waals surface area contributed by atoms with Crippen LogP contribution in [0.2, 0.25) is 0 Å². The molecule has 136 valence electrons. The summed E-state index contributed by atoms with van der Waals surface area (Å²) in [6.45, 7) is 6.53. The van der Waals surface area contributed by atoms with Crippen LogP contribution < -0.4 is 5.32 Å². The van der Waals surface area contributed by atoms with Crippen molar-refractivity contribution in [1.29, 1.82) is 0 Å². The summed E-state index contributed by atoms with van der Waals surface area (Å²) in [5.74, 6) is 0.158. The highest BCUT2D eigenvalue weighted by atomic mass is 16.5. The van der Waals surface area contributed by atoms with Crippen LogP contribution in [0.3, 0.4) is 0 Å². The van der Waals surface area contributed by atoms with Gasteiger partial charge in [-0.05, 0) is 41.8 Å². The van der Waals surface area contributed by atoms with E-state index < -0.39 is 0 Å². The first-order valence-corrected chi connectivity index (χ1v) is 8.93. The summed E-state index contributed by atoms with van der Waals surface area (Å²) in [7, 11) is 0. The third-order valence-corrected chi connectivity index (χ3v) is 4.51. The van der Waals surface area contributed by atoms with Crippen LogP contribution in [0.15, 0.2) is 48.5 Å². The van der Waals surface area contributed by atoms with Crippen molar-refractivity contribution in [2.24, 2.45) is 0 Å². The highest BCUT2D eigenvalue weighted by molar-refractivity contribution is 6.06. The fourth-order valence-corrected chi connectivity index (χ4v) is 2.90. The van der Waals surface area contributed by atoms with Gasteiger partial charge >= 0.3 is 0 Å². The first kappa shape index (κ1) is 18.1. The van der Waals surface area contributed by atoms with Crippen LogP contribution in [-0.2, 0) is 4.74 Å². The molecule has 0 saturated carbocycles. The molecule has 26 heavy (non-hydrogen) atoms. The molecular weight excluding hydrogens is 328 g/mol. The number of carbonyl (C=O) groups excluding carboxylic acids is 2. The maximum atomic E-state index is 12.6. The molecular formula is C21H24N2O3. The van der Waals surface area contributed by atoms with Crippen LogP contribution in [0.25, 0.3) is 0 Å². The topological polar surface area (TPSA) is 58.6 Å². The molecule has 1 saturated heterocycles. The Bertz CT molecular complexity index is 778. The van der Waals surface area contributed by atoms with Gasteiger partial charge in [-0.25, -0.2) is 0 Å². The van der Waals surface area contributed by atoms with Crippen molar-refractivity contribution >= 4 is 17.5 Å². The molecule has 0 aliphatic carbocycles. The normalized spacial score (nSPS) is 14.3. The number of hydrogen-bond donors (Lipinski definition) is 1. The van der Waals surface area contributed by atoms with E-state index in [0.29, 0.717) is 43.3 Å². The van der Waals surface area contributed by atoms with Gasteiger partial charge in [0, 0.05) is 29.9 Å². The van der Waals surface area contributed by atoms with Crippen molar-refractivity contribution in [2.45, 2.75) is 19.8 Å². The minimum atomic E-state index is -0.223. The lowest BCUT2D eigenvalue weighted by molar-refractivity contribution is 0.0303. The molecule has 1 fully saturated rings. The molecule has 0 unspecified atom stereocenters. The quantitative estimate of drug-likeness (QED) is 0.916. The molecule has 0 aromatic heterocycles. The highest BCUT2D eigenvalue weighted by Gasteiger charge is 2.19. The number of benzene rings is 2. The molecule has 5 heteroatoms. The first-order valence-electron chi connectivity index (χ1n) is 8.93. The summed E-state index contributed by atoms with van der Waals surface area (Å²) < 4.78 is 5.28. The van der Waals surface area contributed by atoms with Gasteiger partial charge in [-0.3, -0.25) is 9.59 Å². The first-order chi connectivity index (χ1) is 12.5. The van der Waals surface area contributed by atoms with E-state index in [1.165, 1.54) is 5.56 Å². The third-order valence-electron chi connectivity index (χ3n) is 4.51. The molecule has 2 aromatic carbocycles. The van der Waals surface area contributed by atoms with Crippen LogP contribution >= 0.6 is 0 Å². The van der Waals surface area contributed by atoms with Crippen LogP contribution in [0.4, 0.5) is 5.69 Å². The summed E-state index contributed by atoms with van der Waals surface area (Å²) >= 11 is 0. The summed E-state index contributed by atoms with van der Waals surface area (Å²) in [5, 5.41) is 2.89. The molecule has 0 atom stereocenters. The zero-order valence-corrected chi connectivity index (χ0v) is 15.2. The van der Waals surface area contributed by atoms with Crippen molar-refractivity contribution in [3.8, 4) is 0 Å². The lowest BCUT2D eigenvalue weighted by Gasteiger charge is -2.27. The zero-order chi connectivity index (χ0) is 18.5. The van der Waals surface area contributed by atoms with Gasteiger partial charge in [-0.2, -0.15) is 0 Å². The molecule has 5 nitrogen and oxygen atoms in total. The summed E-state index contributed by atoms with van der Waals surface area (Å²) in [4.78, 5) is 26.9. The lowest BCUT2D eigenvalue weighted by atomic mass is 10.0. The maximum Gasteiger partial charge on any atom is 0.255 e. The van der Waals surface area contributed by atoms with Gasteiger partial charge in [0.05, 0.1) is 13.2 Å². The Morgan fingerprint density at radius 3 is 2.31 bits per heavy atom. The minimum Gasteiger partial charge on any atom is -0.378 e. The second-order valence-electron chi connectivity index (χ2n) is 6.72. The van der Waals surface area contributed by atoms with E-state index >= 15 is 0 Å². The fraction of sp³-hybridized carbons (Fsp3) is 0.333. The lowest BCUT2D eigenvalue weighted by Crippen LogP contribution is -2.40. The third kappa shape index (κ3) is 4.29. The summed E-state index contributed by atoms with van der Waals surface area (Å²) in [6, 6.07) is 14.7. The predicted octanol–water partition coefficient (Wildman–Crippen LogP) is 3.53. The molecule has 2 aromatic rings. The number of nitrogens with one attached hydrogen (secondary N) is 1. The largest absolute Gasteiger partial charge is 0.378 e. The number of amides is 2. The molecule has 1 N–H and O–H groups in total. The maximum absolute atomic E-state index is 12.6.